The molecule has 2 nitrogen and oxygen atoms in total. The molecule has 0 fully saturated rings. The van der Waals surface area contributed by atoms with Crippen LogP contribution in [0, 0.1) is 13.8 Å². The van der Waals surface area contributed by atoms with E-state index in [2.05, 4.69) is 79.1 Å². The van der Waals surface area contributed by atoms with Crippen LogP contribution < -0.4 is 10.6 Å². The van der Waals surface area contributed by atoms with Crippen molar-refractivity contribution >= 4 is 34.8 Å². The van der Waals surface area contributed by atoms with E-state index < -0.39 is 0 Å². The van der Waals surface area contributed by atoms with Gasteiger partial charge in [-0.2, -0.15) is 0 Å². The van der Waals surface area contributed by atoms with Crippen molar-refractivity contribution in [2.45, 2.75) is 30.2 Å². The number of benzene rings is 3. The molecule has 0 aliphatic heterocycles. The first-order chi connectivity index (χ1) is 12.6. The van der Waals surface area contributed by atoms with Crippen LogP contribution in [-0.2, 0) is 6.54 Å². The Bertz CT molecular complexity index is 874. The number of anilines is 1. The Kier molecular flexibility index (Phi) is 6.31. The van der Waals surface area contributed by atoms with E-state index in [-0.39, 0.29) is 0 Å². The summed E-state index contributed by atoms with van der Waals surface area (Å²) >= 11 is 7.16. The highest BCUT2D eigenvalue weighted by atomic mass is 32.2. The normalized spacial score (nSPS) is 10.4. The Morgan fingerprint density at radius 3 is 2.35 bits per heavy atom. The zero-order valence-corrected chi connectivity index (χ0v) is 16.6. The van der Waals surface area contributed by atoms with Crippen LogP contribution in [0.5, 0.6) is 0 Å². The lowest BCUT2D eigenvalue weighted by Crippen LogP contribution is -2.27. The molecule has 0 atom stereocenters. The molecule has 132 valence electrons. The molecule has 0 aliphatic carbocycles. The minimum absolute atomic E-state index is 0.628. The van der Waals surface area contributed by atoms with Gasteiger partial charge in [-0.1, -0.05) is 59.8 Å². The fourth-order valence-electron chi connectivity index (χ4n) is 2.60. The highest BCUT2D eigenvalue weighted by molar-refractivity contribution is 7.99. The molecule has 0 spiro atoms. The van der Waals surface area contributed by atoms with Gasteiger partial charge in [0, 0.05) is 22.0 Å². The number of nitrogens with one attached hydrogen (secondary N) is 2. The minimum Gasteiger partial charge on any atom is -0.358 e. The van der Waals surface area contributed by atoms with E-state index >= 15 is 0 Å². The van der Waals surface area contributed by atoms with Crippen molar-refractivity contribution in [1.29, 1.82) is 0 Å². The van der Waals surface area contributed by atoms with Gasteiger partial charge >= 0.3 is 0 Å². The summed E-state index contributed by atoms with van der Waals surface area (Å²) in [5, 5.41) is 7.09. The summed E-state index contributed by atoms with van der Waals surface area (Å²) in [5.41, 5.74) is 4.80. The molecule has 3 rings (SSSR count). The van der Waals surface area contributed by atoms with E-state index in [1.165, 1.54) is 26.5 Å². The molecule has 0 aliphatic rings. The van der Waals surface area contributed by atoms with Gasteiger partial charge < -0.3 is 10.6 Å². The fourth-order valence-corrected chi connectivity index (χ4v) is 3.67. The van der Waals surface area contributed by atoms with Crippen LogP contribution >= 0.6 is 24.0 Å². The van der Waals surface area contributed by atoms with E-state index in [0.29, 0.717) is 11.7 Å². The Balaban J connectivity index is 1.54. The monoisotopic (exact) mass is 378 g/mol. The highest BCUT2D eigenvalue weighted by Gasteiger charge is 2.03. The van der Waals surface area contributed by atoms with Gasteiger partial charge in [-0.25, -0.2) is 0 Å². The van der Waals surface area contributed by atoms with Crippen molar-refractivity contribution in [3.63, 3.8) is 0 Å². The second-order valence-corrected chi connectivity index (χ2v) is 7.71. The molecule has 0 aromatic heterocycles. The predicted octanol–water partition coefficient (Wildman–Crippen LogP) is 5.94. The summed E-state index contributed by atoms with van der Waals surface area (Å²) in [7, 11) is 0. The van der Waals surface area contributed by atoms with Crippen LogP contribution in [0.15, 0.2) is 82.6 Å². The third kappa shape index (κ3) is 5.35. The number of hydrogen-bond donors (Lipinski definition) is 2. The van der Waals surface area contributed by atoms with Crippen molar-refractivity contribution < 1.29 is 0 Å². The molecule has 2 N–H and O–H groups in total. The summed E-state index contributed by atoms with van der Waals surface area (Å²) in [5.74, 6) is 0. The topological polar surface area (TPSA) is 24.1 Å². The van der Waals surface area contributed by atoms with E-state index in [1.54, 1.807) is 11.8 Å². The van der Waals surface area contributed by atoms with Crippen molar-refractivity contribution in [2.24, 2.45) is 0 Å². The first-order valence-electron chi connectivity index (χ1n) is 8.54. The maximum absolute atomic E-state index is 5.37. The smallest absolute Gasteiger partial charge is 0.171 e. The highest BCUT2D eigenvalue weighted by Crippen LogP contribution is 2.31. The molecule has 0 radical (unpaired) electrons. The number of thiocarbonyl (C=S) groups is 1. The third-order valence-electron chi connectivity index (χ3n) is 3.97. The minimum atomic E-state index is 0.628. The second kappa shape index (κ2) is 8.88. The molecule has 26 heavy (non-hydrogen) atoms. The molecular formula is C22H22N2S2. The average molecular weight is 379 g/mol. The molecule has 0 saturated carbocycles. The molecule has 0 saturated heterocycles. The Labute approximate surface area is 165 Å². The van der Waals surface area contributed by atoms with E-state index in [4.69, 9.17) is 12.2 Å². The zero-order chi connectivity index (χ0) is 18.4. The summed E-state index contributed by atoms with van der Waals surface area (Å²) < 4.78 is 0. The number of hydrogen-bond acceptors (Lipinski definition) is 2. The maximum Gasteiger partial charge on any atom is 0.171 e. The van der Waals surface area contributed by atoms with E-state index in [0.717, 1.165) is 5.69 Å². The van der Waals surface area contributed by atoms with Gasteiger partial charge in [-0.05, 0) is 67.5 Å². The van der Waals surface area contributed by atoms with E-state index in [9.17, 15) is 0 Å². The summed E-state index contributed by atoms with van der Waals surface area (Å²) in [6.45, 7) is 4.99. The molecule has 4 heteroatoms. The van der Waals surface area contributed by atoms with Crippen LogP contribution in [-0.4, -0.2) is 5.11 Å². The lowest BCUT2D eigenvalue weighted by molar-refractivity contribution is 0.926. The standard InChI is InChI=1S/C22H22N2S2/c1-16-8-13-21(17(2)14-16)26-20-11-9-19(10-12-20)24-22(25)23-15-18-6-4-3-5-7-18/h3-14H,15H2,1-2H3,(H2,23,24,25). The van der Waals surface area contributed by atoms with Gasteiger partial charge in [-0.3, -0.25) is 0 Å². The Hall–Kier alpha value is -2.30. The second-order valence-electron chi connectivity index (χ2n) is 6.19. The Morgan fingerprint density at radius 1 is 0.923 bits per heavy atom. The van der Waals surface area contributed by atoms with Crippen molar-refractivity contribution in [2.75, 3.05) is 5.32 Å². The molecule has 0 bridgehead atoms. The average Bonchev–Trinajstić information content (AvgIpc) is 2.65. The molecular weight excluding hydrogens is 356 g/mol. The Morgan fingerprint density at radius 2 is 1.65 bits per heavy atom. The van der Waals surface area contributed by atoms with Crippen LogP contribution in [0.2, 0.25) is 0 Å². The van der Waals surface area contributed by atoms with Crippen molar-refractivity contribution in [1.82, 2.24) is 5.32 Å². The lowest BCUT2D eigenvalue weighted by atomic mass is 10.2. The van der Waals surface area contributed by atoms with Crippen LogP contribution in [0.1, 0.15) is 16.7 Å². The van der Waals surface area contributed by atoms with Gasteiger partial charge in [0.25, 0.3) is 0 Å². The molecule has 0 amide bonds. The van der Waals surface area contributed by atoms with Gasteiger partial charge in [0.05, 0.1) is 0 Å². The molecule has 0 unspecified atom stereocenters. The predicted molar refractivity (Wildman–Crippen MR) is 116 cm³/mol. The number of rotatable bonds is 5. The van der Waals surface area contributed by atoms with Gasteiger partial charge in [0.15, 0.2) is 5.11 Å². The molecule has 3 aromatic rings. The summed E-state index contributed by atoms with van der Waals surface area (Å²) in [6.07, 6.45) is 0. The van der Waals surface area contributed by atoms with Crippen LogP contribution in [0.3, 0.4) is 0 Å². The maximum atomic E-state index is 5.37. The van der Waals surface area contributed by atoms with Crippen molar-refractivity contribution in [3.8, 4) is 0 Å². The summed E-state index contributed by atoms with van der Waals surface area (Å²) in [4.78, 5) is 2.50. The first-order valence-corrected chi connectivity index (χ1v) is 9.76. The van der Waals surface area contributed by atoms with Gasteiger partial charge in [-0.15, -0.1) is 0 Å². The zero-order valence-electron chi connectivity index (χ0n) is 15.0. The van der Waals surface area contributed by atoms with Crippen LogP contribution in [0.25, 0.3) is 0 Å². The van der Waals surface area contributed by atoms with Crippen molar-refractivity contribution in [3.05, 3.63) is 89.5 Å². The first kappa shape index (κ1) is 18.5. The lowest BCUT2D eigenvalue weighted by Gasteiger charge is -2.11. The van der Waals surface area contributed by atoms with Crippen LogP contribution in [0.4, 0.5) is 5.69 Å². The van der Waals surface area contributed by atoms with Gasteiger partial charge in [0.1, 0.15) is 0 Å². The SMILES string of the molecule is Cc1ccc(Sc2ccc(NC(=S)NCc3ccccc3)cc2)c(C)c1. The summed E-state index contributed by atoms with van der Waals surface area (Å²) in [6, 6.07) is 25.1. The number of aryl methyl sites for hydroxylation is 2. The quantitative estimate of drug-likeness (QED) is 0.536. The molecule has 0 heterocycles. The third-order valence-corrected chi connectivity index (χ3v) is 5.40. The van der Waals surface area contributed by atoms with Gasteiger partial charge in [0.2, 0.25) is 0 Å². The molecule has 3 aromatic carbocycles. The van der Waals surface area contributed by atoms with E-state index in [1.807, 2.05) is 18.2 Å². The largest absolute Gasteiger partial charge is 0.358 e. The fraction of sp³-hybridized carbons (Fsp3) is 0.136.